The average Bonchev–Trinajstić information content (AvgIpc) is 2.69. The van der Waals surface area contributed by atoms with Gasteiger partial charge in [-0.15, -0.1) is 0 Å². The third kappa shape index (κ3) is 2.99. The molecule has 0 spiro atoms. The molecule has 140 valence electrons. The van der Waals surface area contributed by atoms with E-state index in [9.17, 15) is 14.0 Å². The van der Waals surface area contributed by atoms with E-state index in [-0.39, 0.29) is 22.7 Å². The molecule has 0 radical (unpaired) electrons. The highest BCUT2D eigenvalue weighted by Crippen LogP contribution is 2.44. The molecule has 1 aliphatic heterocycles. The van der Waals surface area contributed by atoms with Crippen molar-refractivity contribution in [1.29, 1.82) is 0 Å². The van der Waals surface area contributed by atoms with Crippen molar-refractivity contribution in [2.24, 2.45) is 5.73 Å². The number of benzene rings is 3. The quantitative estimate of drug-likeness (QED) is 0.722. The number of nitrogens with one attached hydrogen (secondary N) is 1. The smallest absolute Gasteiger partial charge is 0.248 e. The summed E-state index contributed by atoms with van der Waals surface area (Å²) in [5.74, 6) is -1.19. The Labute approximate surface area is 160 Å². The molecule has 2 amide bonds. The molecule has 0 aromatic heterocycles. The molecule has 3 aromatic carbocycles. The van der Waals surface area contributed by atoms with Gasteiger partial charge < -0.3 is 15.8 Å². The number of primary amides is 1. The molecule has 4 rings (SSSR count). The Balaban J connectivity index is 1.77. The van der Waals surface area contributed by atoms with Gasteiger partial charge in [0.25, 0.3) is 0 Å². The lowest BCUT2D eigenvalue weighted by Gasteiger charge is -2.27. The lowest BCUT2D eigenvalue weighted by Crippen LogP contribution is -2.25. The highest BCUT2D eigenvalue weighted by Gasteiger charge is 2.32. The number of hydrogen-bond acceptors (Lipinski definition) is 3. The van der Waals surface area contributed by atoms with Crippen molar-refractivity contribution in [1.82, 2.24) is 0 Å². The van der Waals surface area contributed by atoms with Gasteiger partial charge in [0.2, 0.25) is 11.8 Å². The Morgan fingerprint density at radius 2 is 1.57 bits per heavy atom. The maximum absolute atomic E-state index is 14.2. The van der Waals surface area contributed by atoms with Crippen molar-refractivity contribution >= 4 is 17.5 Å². The second-order valence-electron chi connectivity index (χ2n) is 6.59. The van der Waals surface area contributed by atoms with Gasteiger partial charge in [0.1, 0.15) is 17.3 Å². The summed E-state index contributed by atoms with van der Waals surface area (Å²) in [5.41, 5.74) is 7.12. The van der Waals surface area contributed by atoms with Crippen LogP contribution in [0.3, 0.4) is 0 Å². The first-order chi connectivity index (χ1) is 13.5. The fraction of sp³-hybridized carbons (Fsp3) is 0.0909. The molecule has 0 saturated heterocycles. The number of amides is 2. The summed E-state index contributed by atoms with van der Waals surface area (Å²) in [6.45, 7) is 1.53. The molecule has 6 heteroatoms. The molecule has 0 fully saturated rings. The molecule has 0 bridgehead atoms. The topological polar surface area (TPSA) is 81.4 Å². The molecular formula is C22H17FN2O3. The van der Waals surface area contributed by atoms with Crippen LogP contribution in [0.15, 0.2) is 60.7 Å². The molecule has 0 atom stereocenters. The Morgan fingerprint density at radius 1 is 1.00 bits per heavy atom. The van der Waals surface area contributed by atoms with Gasteiger partial charge in [0.15, 0.2) is 0 Å². The maximum atomic E-state index is 14.2. The van der Waals surface area contributed by atoms with Crippen LogP contribution in [0.5, 0.6) is 11.5 Å². The minimum atomic E-state index is -0.767. The maximum Gasteiger partial charge on any atom is 0.248 e. The summed E-state index contributed by atoms with van der Waals surface area (Å²) in [7, 11) is 0. The molecule has 3 N–H and O–H groups in total. The zero-order valence-corrected chi connectivity index (χ0v) is 15.0. The molecule has 28 heavy (non-hydrogen) atoms. The van der Waals surface area contributed by atoms with Crippen LogP contribution in [0.4, 0.5) is 10.1 Å². The Morgan fingerprint density at radius 3 is 2.14 bits per heavy atom. The van der Waals surface area contributed by atoms with Crippen LogP contribution in [-0.2, 0) is 4.79 Å². The van der Waals surface area contributed by atoms with Crippen molar-refractivity contribution in [3.63, 3.8) is 0 Å². The fourth-order valence-electron chi connectivity index (χ4n) is 3.35. The molecule has 0 aliphatic carbocycles. The van der Waals surface area contributed by atoms with Gasteiger partial charge >= 0.3 is 0 Å². The van der Waals surface area contributed by atoms with E-state index in [1.165, 1.54) is 13.0 Å². The summed E-state index contributed by atoms with van der Waals surface area (Å²) in [5, 5.41) is 2.76. The number of carbonyl (C=O) groups excluding carboxylic acids is 2. The number of halogens is 1. The van der Waals surface area contributed by atoms with Crippen molar-refractivity contribution in [2.75, 3.05) is 5.32 Å². The second kappa shape index (κ2) is 6.81. The summed E-state index contributed by atoms with van der Waals surface area (Å²) < 4.78 is 20.1. The highest BCUT2D eigenvalue weighted by atomic mass is 19.1. The normalized spacial score (nSPS) is 12.5. The van der Waals surface area contributed by atoms with E-state index in [1.54, 1.807) is 12.1 Å². The van der Waals surface area contributed by atoms with Crippen molar-refractivity contribution in [3.8, 4) is 11.5 Å². The molecule has 5 nitrogen and oxygen atoms in total. The number of para-hydroxylation sites is 2. The average molecular weight is 376 g/mol. The predicted octanol–water partition coefficient (Wildman–Crippen LogP) is 4.11. The summed E-state index contributed by atoms with van der Waals surface area (Å²) in [4.78, 5) is 24.7. The number of hydrogen-bond donors (Lipinski definition) is 2. The van der Waals surface area contributed by atoms with Gasteiger partial charge in [-0.1, -0.05) is 36.4 Å². The molecule has 0 unspecified atom stereocenters. The Kier molecular flexibility index (Phi) is 4.31. The van der Waals surface area contributed by atoms with Crippen LogP contribution in [0, 0.1) is 12.7 Å². The lowest BCUT2D eigenvalue weighted by molar-refractivity contribution is -0.116. The summed E-state index contributed by atoms with van der Waals surface area (Å²) >= 11 is 0. The van der Waals surface area contributed by atoms with E-state index in [0.29, 0.717) is 22.6 Å². The van der Waals surface area contributed by atoms with Crippen LogP contribution in [0.1, 0.15) is 33.0 Å². The number of anilines is 1. The predicted molar refractivity (Wildman–Crippen MR) is 103 cm³/mol. The molecule has 1 aliphatic rings. The van der Waals surface area contributed by atoms with Crippen LogP contribution < -0.4 is 15.8 Å². The zero-order valence-electron chi connectivity index (χ0n) is 15.0. The van der Waals surface area contributed by atoms with Crippen molar-refractivity contribution < 1.29 is 18.7 Å². The van der Waals surface area contributed by atoms with Crippen molar-refractivity contribution in [2.45, 2.75) is 12.8 Å². The minimum Gasteiger partial charge on any atom is -0.457 e. The first-order valence-electron chi connectivity index (χ1n) is 8.72. The largest absolute Gasteiger partial charge is 0.457 e. The first-order valence-corrected chi connectivity index (χ1v) is 8.72. The third-order valence-corrected chi connectivity index (χ3v) is 4.83. The van der Waals surface area contributed by atoms with Gasteiger partial charge in [-0.2, -0.15) is 0 Å². The van der Waals surface area contributed by atoms with Gasteiger partial charge in [-0.25, -0.2) is 4.39 Å². The number of ether oxygens (including phenoxy) is 1. The second-order valence-corrected chi connectivity index (χ2v) is 6.59. The first kappa shape index (κ1) is 17.7. The number of rotatable bonds is 3. The fourth-order valence-corrected chi connectivity index (χ4v) is 3.35. The molecule has 1 heterocycles. The Hall–Kier alpha value is -3.67. The van der Waals surface area contributed by atoms with Crippen LogP contribution >= 0.6 is 0 Å². The van der Waals surface area contributed by atoms with Gasteiger partial charge in [-0.05, 0) is 31.2 Å². The molecule has 3 aromatic rings. The monoisotopic (exact) mass is 376 g/mol. The van der Waals surface area contributed by atoms with E-state index >= 15 is 0 Å². The van der Waals surface area contributed by atoms with E-state index in [2.05, 4.69) is 5.32 Å². The number of carbonyl (C=O) groups is 2. The molecule has 0 saturated carbocycles. The standard InChI is InChI=1S/C22H17FN2O3/c1-12-16(23)10-13(21(24)26)11-17(12)25-22(27)20-14-6-2-4-8-18(14)28-19-9-5-3-7-15(19)20/h2-11,20H,1H3,(H2,24,26)(H,25,27). The molecular weight excluding hydrogens is 359 g/mol. The van der Waals surface area contributed by atoms with E-state index < -0.39 is 17.6 Å². The summed E-state index contributed by atoms with van der Waals surface area (Å²) in [6.07, 6.45) is 0. The Bertz CT molecular complexity index is 1070. The summed E-state index contributed by atoms with van der Waals surface area (Å²) in [6, 6.07) is 17.0. The SMILES string of the molecule is Cc1c(F)cc(C(N)=O)cc1NC(=O)C1c2ccccc2Oc2ccccc21. The van der Waals surface area contributed by atoms with Crippen LogP contribution in [-0.4, -0.2) is 11.8 Å². The minimum absolute atomic E-state index is 0.00817. The van der Waals surface area contributed by atoms with E-state index in [0.717, 1.165) is 6.07 Å². The van der Waals surface area contributed by atoms with E-state index in [1.807, 2.05) is 36.4 Å². The third-order valence-electron chi connectivity index (χ3n) is 4.83. The zero-order chi connectivity index (χ0) is 19.8. The van der Waals surface area contributed by atoms with Crippen LogP contribution in [0.25, 0.3) is 0 Å². The highest BCUT2D eigenvalue weighted by molar-refractivity contribution is 6.01. The number of fused-ring (bicyclic) bond motifs is 2. The van der Waals surface area contributed by atoms with E-state index in [4.69, 9.17) is 10.5 Å². The van der Waals surface area contributed by atoms with Gasteiger partial charge in [0, 0.05) is 27.9 Å². The van der Waals surface area contributed by atoms with Gasteiger partial charge in [0.05, 0.1) is 5.92 Å². The van der Waals surface area contributed by atoms with Gasteiger partial charge in [-0.3, -0.25) is 9.59 Å². The van der Waals surface area contributed by atoms with Crippen molar-refractivity contribution in [3.05, 3.63) is 88.7 Å². The van der Waals surface area contributed by atoms with Crippen LogP contribution in [0.2, 0.25) is 0 Å². The lowest BCUT2D eigenvalue weighted by atomic mass is 9.87. The number of nitrogens with two attached hydrogens (primary N) is 1.